The van der Waals surface area contributed by atoms with Crippen molar-refractivity contribution in [1.29, 1.82) is 0 Å². The topological polar surface area (TPSA) is 35.5 Å². The second-order valence-corrected chi connectivity index (χ2v) is 4.97. The average molecular weight is 370 g/mol. The Kier molecular flexibility index (Phi) is 7.94. The monoisotopic (exact) mass is 370 g/mol. The Morgan fingerprint density at radius 3 is 2.79 bits per heavy atom. The number of hydrogen-bond donors (Lipinski definition) is 0. The minimum absolute atomic E-state index is 0.340. The lowest BCUT2D eigenvalue weighted by Gasteiger charge is -1.99. The highest BCUT2D eigenvalue weighted by molar-refractivity contribution is 14.1. The van der Waals surface area contributed by atoms with Gasteiger partial charge in [0, 0.05) is 21.6 Å². The Bertz CT molecular complexity index is 483. The Balaban J connectivity index is 2.20. The Labute approximate surface area is 127 Å². The molecule has 0 amide bonds. The predicted molar refractivity (Wildman–Crippen MR) is 82.9 cm³/mol. The maximum absolute atomic E-state index is 10.9. The number of rotatable bonds is 5. The van der Waals surface area contributed by atoms with Gasteiger partial charge in [0.25, 0.3) is 0 Å². The first-order valence-electron chi connectivity index (χ1n) is 5.78. The predicted octanol–water partition coefficient (Wildman–Crippen LogP) is 2.94. The van der Waals surface area contributed by atoms with E-state index in [4.69, 9.17) is 4.74 Å². The van der Waals surface area contributed by atoms with Crippen molar-refractivity contribution in [2.24, 2.45) is 0 Å². The van der Waals surface area contributed by atoms with Crippen LogP contribution in [-0.4, -0.2) is 26.3 Å². The lowest BCUT2D eigenvalue weighted by molar-refractivity contribution is -0.134. The van der Waals surface area contributed by atoms with Crippen molar-refractivity contribution in [3.05, 3.63) is 45.6 Å². The highest BCUT2D eigenvalue weighted by Crippen LogP contribution is 2.10. The molecule has 0 aliphatic heterocycles. The summed E-state index contributed by atoms with van der Waals surface area (Å²) in [5.41, 5.74) is 0.978. The number of ether oxygens (including phenoxy) is 2. The van der Waals surface area contributed by atoms with E-state index in [0.29, 0.717) is 19.6 Å². The van der Waals surface area contributed by atoms with E-state index in [9.17, 15) is 4.79 Å². The second-order valence-electron chi connectivity index (χ2n) is 3.58. The summed E-state index contributed by atoms with van der Waals surface area (Å²) >= 11 is 2.09. The molecular weight excluding hydrogens is 355 g/mol. The molecule has 19 heavy (non-hydrogen) atoms. The zero-order valence-corrected chi connectivity index (χ0v) is 12.8. The van der Waals surface area contributed by atoms with Crippen LogP contribution < -0.4 is 0 Å². The first kappa shape index (κ1) is 15.7. The normalized spacial score (nSPS) is 10.5. The molecule has 0 aromatic heterocycles. The molecule has 0 fully saturated rings. The summed E-state index contributed by atoms with van der Waals surface area (Å²) < 4.78 is 10.8. The number of esters is 1. The molecule has 0 saturated heterocycles. The van der Waals surface area contributed by atoms with E-state index in [1.165, 1.54) is 13.2 Å². The van der Waals surface area contributed by atoms with Crippen molar-refractivity contribution >= 4 is 28.6 Å². The third kappa shape index (κ3) is 7.65. The van der Waals surface area contributed by atoms with Crippen LogP contribution in [0.2, 0.25) is 0 Å². The van der Waals surface area contributed by atoms with Gasteiger partial charge >= 0.3 is 5.97 Å². The maximum Gasteiger partial charge on any atom is 0.331 e. The van der Waals surface area contributed by atoms with Gasteiger partial charge in [0.1, 0.15) is 6.61 Å². The van der Waals surface area contributed by atoms with Crippen LogP contribution in [0.25, 0.3) is 0 Å². The van der Waals surface area contributed by atoms with Gasteiger partial charge in [0.05, 0.1) is 13.7 Å². The molecule has 0 heterocycles. The third-order valence-electron chi connectivity index (χ3n) is 2.14. The van der Waals surface area contributed by atoms with E-state index in [-0.39, 0.29) is 5.97 Å². The zero-order chi connectivity index (χ0) is 13.9. The van der Waals surface area contributed by atoms with Gasteiger partial charge in [-0.05, 0) is 34.7 Å². The van der Waals surface area contributed by atoms with Crippen LogP contribution in [0.5, 0.6) is 0 Å². The summed E-state index contributed by atoms with van der Waals surface area (Å²) in [4.78, 5) is 10.9. The SMILES string of the molecule is COC(=O)/C=C(\I)CCOCC#Cc1ccccc1. The lowest BCUT2D eigenvalue weighted by atomic mass is 10.2. The zero-order valence-electron chi connectivity index (χ0n) is 10.7. The number of carbonyl (C=O) groups excluding carboxylic acids is 1. The molecule has 4 heteroatoms. The van der Waals surface area contributed by atoms with E-state index in [1.54, 1.807) is 0 Å². The number of methoxy groups -OCH3 is 1. The fraction of sp³-hybridized carbons (Fsp3) is 0.267. The lowest BCUT2D eigenvalue weighted by Crippen LogP contribution is -1.98. The third-order valence-corrected chi connectivity index (χ3v) is 2.99. The van der Waals surface area contributed by atoms with Crippen LogP contribution in [0.3, 0.4) is 0 Å². The van der Waals surface area contributed by atoms with Crippen LogP contribution in [0, 0.1) is 11.8 Å². The van der Waals surface area contributed by atoms with Crippen molar-refractivity contribution in [2.45, 2.75) is 6.42 Å². The fourth-order valence-electron chi connectivity index (χ4n) is 1.21. The molecule has 0 aliphatic rings. The summed E-state index contributed by atoms with van der Waals surface area (Å²) in [6, 6.07) is 9.76. The molecule has 0 spiro atoms. The first-order valence-corrected chi connectivity index (χ1v) is 6.86. The number of carbonyl (C=O) groups is 1. The van der Waals surface area contributed by atoms with E-state index >= 15 is 0 Å². The van der Waals surface area contributed by atoms with E-state index in [1.807, 2.05) is 30.3 Å². The van der Waals surface area contributed by atoms with Crippen molar-refractivity contribution < 1.29 is 14.3 Å². The molecule has 0 saturated carbocycles. The number of benzene rings is 1. The summed E-state index contributed by atoms with van der Waals surface area (Å²) in [6.07, 6.45) is 2.14. The molecule has 0 atom stereocenters. The average Bonchev–Trinajstić information content (AvgIpc) is 2.43. The van der Waals surface area contributed by atoms with E-state index in [2.05, 4.69) is 39.2 Å². The van der Waals surface area contributed by atoms with Gasteiger partial charge in [0.2, 0.25) is 0 Å². The van der Waals surface area contributed by atoms with Crippen LogP contribution in [-0.2, 0) is 14.3 Å². The summed E-state index contributed by atoms with van der Waals surface area (Å²) in [7, 11) is 1.36. The smallest absolute Gasteiger partial charge is 0.331 e. The minimum Gasteiger partial charge on any atom is -0.466 e. The molecule has 0 N–H and O–H groups in total. The molecule has 100 valence electrons. The molecule has 0 aliphatic carbocycles. The molecule has 1 aromatic carbocycles. The van der Waals surface area contributed by atoms with Gasteiger partial charge in [-0.1, -0.05) is 30.0 Å². The first-order chi connectivity index (χ1) is 9.22. The van der Waals surface area contributed by atoms with Crippen molar-refractivity contribution in [2.75, 3.05) is 20.3 Å². The van der Waals surface area contributed by atoms with Gasteiger partial charge in [0.15, 0.2) is 0 Å². The van der Waals surface area contributed by atoms with Crippen LogP contribution in [0.15, 0.2) is 40.0 Å². The van der Waals surface area contributed by atoms with Crippen LogP contribution in [0.1, 0.15) is 12.0 Å². The summed E-state index contributed by atoms with van der Waals surface area (Å²) in [5.74, 6) is 5.61. The van der Waals surface area contributed by atoms with Gasteiger partial charge in [-0.3, -0.25) is 0 Å². The van der Waals surface area contributed by atoms with Crippen molar-refractivity contribution in [1.82, 2.24) is 0 Å². The highest BCUT2D eigenvalue weighted by Gasteiger charge is 1.97. The molecule has 1 aromatic rings. The molecule has 0 bridgehead atoms. The highest BCUT2D eigenvalue weighted by atomic mass is 127. The minimum atomic E-state index is -0.340. The van der Waals surface area contributed by atoms with Crippen LogP contribution in [0.4, 0.5) is 0 Å². The molecular formula is C15H15IO3. The summed E-state index contributed by atoms with van der Waals surface area (Å²) in [5, 5.41) is 0. The second kappa shape index (κ2) is 9.59. The Morgan fingerprint density at radius 2 is 2.11 bits per heavy atom. The fourth-order valence-corrected chi connectivity index (χ4v) is 1.69. The number of hydrogen-bond acceptors (Lipinski definition) is 3. The van der Waals surface area contributed by atoms with E-state index < -0.39 is 0 Å². The van der Waals surface area contributed by atoms with Gasteiger partial charge in [-0.2, -0.15) is 0 Å². The molecule has 3 nitrogen and oxygen atoms in total. The summed E-state index contributed by atoms with van der Waals surface area (Å²) in [6.45, 7) is 0.923. The molecule has 0 radical (unpaired) electrons. The maximum atomic E-state index is 10.9. The Morgan fingerprint density at radius 1 is 1.37 bits per heavy atom. The van der Waals surface area contributed by atoms with Gasteiger partial charge < -0.3 is 9.47 Å². The molecule has 0 unspecified atom stereocenters. The van der Waals surface area contributed by atoms with Gasteiger partial charge in [-0.15, -0.1) is 0 Å². The number of halogens is 1. The van der Waals surface area contributed by atoms with E-state index in [0.717, 1.165) is 9.14 Å². The van der Waals surface area contributed by atoms with Crippen LogP contribution >= 0.6 is 22.6 Å². The van der Waals surface area contributed by atoms with Crippen molar-refractivity contribution in [3.8, 4) is 11.8 Å². The Hall–Kier alpha value is -1.32. The largest absolute Gasteiger partial charge is 0.466 e. The molecule has 1 rings (SSSR count). The standard InChI is InChI=1S/C15H15IO3/c1-18-15(17)12-14(16)9-11-19-10-5-8-13-6-3-2-4-7-13/h2-4,6-7,12H,9-11H2,1H3/b14-12-. The van der Waals surface area contributed by atoms with Gasteiger partial charge in [-0.25, -0.2) is 4.79 Å². The van der Waals surface area contributed by atoms with Crippen molar-refractivity contribution in [3.63, 3.8) is 0 Å². The quantitative estimate of drug-likeness (QED) is 0.263.